The highest BCUT2D eigenvalue weighted by molar-refractivity contribution is 7.92. The molecular weight excluding hydrogens is 412 g/mol. The lowest BCUT2D eigenvalue weighted by molar-refractivity contribution is 0.341. The number of piperidine rings is 1. The molecule has 3 rings (SSSR count). The summed E-state index contributed by atoms with van der Waals surface area (Å²) >= 11 is 0. The third-order valence-electron chi connectivity index (χ3n) is 4.73. The van der Waals surface area contributed by atoms with Crippen molar-refractivity contribution < 1.29 is 30.4 Å². The van der Waals surface area contributed by atoms with Crippen LogP contribution in [0.1, 0.15) is 12.8 Å². The van der Waals surface area contributed by atoms with Gasteiger partial charge in [0.05, 0.1) is 17.3 Å². The van der Waals surface area contributed by atoms with Crippen molar-refractivity contribution in [1.29, 1.82) is 0 Å². The summed E-state index contributed by atoms with van der Waals surface area (Å²) in [6.45, 7) is -0.0693. The van der Waals surface area contributed by atoms with Gasteiger partial charge in [0, 0.05) is 13.1 Å². The van der Waals surface area contributed by atoms with Gasteiger partial charge in [-0.05, 0) is 55.3 Å². The van der Waals surface area contributed by atoms with Crippen molar-refractivity contribution in [3.63, 3.8) is 0 Å². The summed E-state index contributed by atoms with van der Waals surface area (Å²) in [5.74, 6) is -1.24. The third-order valence-corrected chi connectivity index (χ3v) is 8.92. The Labute approximate surface area is 162 Å². The molecule has 0 amide bonds. The van der Waals surface area contributed by atoms with Gasteiger partial charge < -0.3 is 4.74 Å². The van der Waals surface area contributed by atoms with Crippen molar-refractivity contribution in [3.8, 4) is 5.75 Å². The van der Waals surface area contributed by atoms with Crippen molar-refractivity contribution in [2.45, 2.75) is 27.9 Å². The lowest BCUT2D eigenvalue weighted by Crippen LogP contribution is -2.42. The summed E-state index contributed by atoms with van der Waals surface area (Å²) in [6, 6.07) is 7.75. The maximum absolute atomic E-state index is 13.6. The molecule has 2 aromatic carbocycles. The van der Waals surface area contributed by atoms with E-state index >= 15 is 0 Å². The monoisotopic (exact) mass is 431 g/mol. The SMILES string of the molecule is COc1ccc(F)cc1S(=O)(=O)N1CCC(S(=O)(=O)c2ccc(F)cc2)CC1. The van der Waals surface area contributed by atoms with Crippen LogP contribution in [0.4, 0.5) is 8.78 Å². The van der Waals surface area contributed by atoms with E-state index in [1.54, 1.807) is 0 Å². The van der Waals surface area contributed by atoms with Gasteiger partial charge >= 0.3 is 0 Å². The molecule has 28 heavy (non-hydrogen) atoms. The first kappa shape index (κ1) is 20.7. The Morgan fingerprint density at radius 2 is 1.50 bits per heavy atom. The fourth-order valence-electron chi connectivity index (χ4n) is 3.19. The van der Waals surface area contributed by atoms with Crippen LogP contribution in [0.2, 0.25) is 0 Å². The van der Waals surface area contributed by atoms with Crippen LogP contribution in [-0.4, -0.2) is 46.6 Å². The maximum atomic E-state index is 13.6. The van der Waals surface area contributed by atoms with Crippen LogP contribution in [0.3, 0.4) is 0 Å². The van der Waals surface area contributed by atoms with E-state index in [1.165, 1.54) is 25.3 Å². The molecule has 6 nitrogen and oxygen atoms in total. The van der Waals surface area contributed by atoms with Crippen molar-refractivity contribution in [1.82, 2.24) is 4.31 Å². The first-order valence-electron chi connectivity index (χ1n) is 8.49. The van der Waals surface area contributed by atoms with E-state index in [2.05, 4.69) is 0 Å². The Morgan fingerprint density at radius 1 is 0.929 bits per heavy atom. The van der Waals surface area contributed by atoms with Gasteiger partial charge in [0.2, 0.25) is 10.0 Å². The maximum Gasteiger partial charge on any atom is 0.246 e. The molecule has 0 unspecified atom stereocenters. The number of ether oxygens (including phenoxy) is 1. The molecule has 0 aromatic heterocycles. The van der Waals surface area contributed by atoms with E-state index in [0.29, 0.717) is 0 Å². The van der Waals surface area contributed by atoms with Gasteiger partial charge in [-0.1, -0.05) is 0 Å². The lowest BCUT2D eigenvalue weighted by atomic mass is 10.2. The molecule has 1 heterocycles. The summed E-state index contributed by atoms with van der Waals surface area (Å²) in [5, 5.41) is -0.779. The van der Waals surface area contributed by atoms with Gasteiger partial charge in [-0.15, -0.1) is 0 Å². The Hall–Kier alpha value is -2.04. The highest BCUT2D eigenvalue weighted by atomic mass is 32.2. The molecule has 1 aliphatic rings. The molecule has 10 heteroatoms. The highest BCUT2D eigenvalue weighted by Crippen LogP contribution is 2.31. The minimum atomic E-state index is -4.04. The Balaban J connectivity index is 1.80. The minimum Gasteiger partial charge on any atom is -0.495 e. The molecule has 1 fully saturated rings. The Morgan fingerprint density at radius 3 is 2.07 bits per heavy atom. The van der Waals surface area contributed by atoms with Crippen molar-refractivity contribution in [2.24, 2.45) is 0 Å². The van der Waals surface area contributed by atoms with E-state index in [1.807, 2.05) is 0 Å². The summed E-state index contributed by atoms with van der Waals surface area (Å²) in [6.07, 6.45) is 0.160. The molecular formula is C18H19F2NO5S2. The predicted octanol–water partition coefficient (Wildman–Crippen LogP) is 2.60. The standard InChI is InChI=1S/C18H19F2NO5S2/c1-26-17-7-4-14(20)12-18(17)28(24,25)21-10-8-16(9-11-21)27(22,23)15-5-2-13(19)3-6-15/h2-7,12,16H,8-11H2,1H3. The van der Waals surface area contributed by atoms with E-state index in [-0.39, 0.29) is 41.5 Å². The largest absolute Gasteiger partial charge is 0.495 e. The van der Waals surface area contributed by atoms with Gasteiger partial charge in [-0.3, -0.25) is 0 Å². The second kappa shape index (κ2) is 7.76. The molecule has 0 spiro atoms. The van der Waals surface area contributed by atoms with Gasteiger partial charge in [0.25, 0.3) is 0 Å². The zero-order chi connectivity index (χ0) is 20.5. The number of methoxy groups -OCH3 is 1. The number of rotatable bonds is 5. The molecule has 0 bridgehead atoms. The first-order chi connectivity index (χ1) is 13.2. The summed E-state index contributed by atoms with van der Waals surface area (Å²) in [7, 11) is -6.46. The number of hydrogen-bond donors (Lipinski definition) is 0. The van der Waals surface area contributed by atoms with Crippen LogP contribution < -0.4 is 4.74 Å². The van der Waals surface area contributed by atoms with Gasteiger partial charge in [0.1, 0.15) is 22.3 Å². The zero-order valence-corrected chi connectivity index (χ0v) is 16.6. The topological polar surface area (TPSA) is 80.8 Å². The molecule has 0 N–H and O–H groups in total. The summed E-state index contributed by atoms with van der Waals surface area (Å²) in [5.41, 5.74) is 0. The Bertz CT molecular complexity index is 1060. The smallest absolute Gasteiger partial charge is 0.246 e. The van der Waals surface area contributed by atoms with E-state index < -0.39 is 36.7 Å². The van der Waals surface area contributed by atoms with E-state index in [4.69, 9.17) is 4.74 Å². The quantitative estimate of drug-likeness (QED) is 0.680. The molecule has 1 saturated heterocycles. The molecule has 0 aliphatic carbocycles. The van der Waals surface area contributed by atoms with Gasteiger partial charge in [-0.2, -0.15) is 4.31 Å². The van der Waals surface area contributed by atoms with Crippen LogP contribution in [0.5, 0.6) is 5.75 Å². The predicted molar refractivity (Wildman–Crippen MR) is 98.3 cm³/mol. The number of hydrogen-bond acceptors (Lipinski definition) is 5. The van der Waals surface area contributed by atoms with Crippen LogP contribution in [-0.2, 0) is 19.9 Å². The van der Waals surface area contributed by atoms with Gasteiger partial charge in [0.15, 0.2) is 9.84 Å². The fourth-order valence-corrected chi connectivity index (χ4v) is 6.56. The zero-order valence-electron chi connectivity index (χ0n) is 15.0. The molecule has 2 aromatic rings. The van der Waals surface area contributed by atoms with Crippen molar-refractivity contribution >= 4 is 19.9 Å². The molecule has 0 atom stereocenters. The number of nitrogens with zero attached hydrogens (tertiary/aromatic N) is 1. The number of sulfonamides is 1. The van der Waals surface area contributed by atoms with Crippen molar-refractivity contribution in [3.05, 3.63) is 54.1 Å². The van der Waals surface area contributed by atoms with Crippen LogP contribution in [0.15, 0.2) is 52.3 Å². The lowest BCUT2D eigenvalue weighted by Gasteiger charge is -2.31. The fraction of sp³-hybridized carbons (Fsp3) is 0.333. The molecule has 0 radical (unpaired) electrons. The van der Waals surface area contributed by atoms with Gasteiger partial charge in [-0.25, -0.2) is 25.6 Å². The van der Waals surface area contributed by atoms with Crippen LogP contribution in [0, 0.1) is 11.6 Å². The number of halogens is 2. The van der Waals surface area contributed by atoms with Crippen LogP contribution >= 0.6 is 0 Å². The average Bonchev–Trinajstić information content (AvgIpc) is 2.68. The number of benzene rings is 2. The average molecular weight is 431 g/mol. The second-order valence-electron chi connectivity index (χ2n) is 6.40. The summed E-state index contributed by atoms with van der Waals surface area (Å²) in [4.78, 5) is -0.295. The minimum absolute atomic E-state index is 0.00186. The van der Waals surface area contributed by atoms with Crippen molar-refractivity contribution in [2.75, 3.05) is 20.2 Å². The molecule has 152 valence electrons. The van der Waals surface area contributed by atoms with Crippen LogP contribution in [0.25, 0.3) is 0 Å². The Kier molecular flexibility index (Phi) is 5.74. The third kappa shape index (κ3) is 3.89. The van der Waals surface area contributed by atoms with E-state index in [9.17, 15) is 25.6 Å². The first-order valence-corrected chi connectivity index (χ1v) is 11.5. The summed E-state index contributed by atoms with van der Waals surface area (Å²) < 4.78 is 83.9. The normalized spacial score (nSPS) is 16.8. The number of sulfone groups is 1. The second-order valence-corrected chi connectivity index (χ2v) is 10.5. The van der Waals surface area contributed by atoms with E-state index in [0.717, 1.165) is 28.6 Å². The molecule has 1 aliphatic heterocycles. The molecule has 0 saturated carbocycles. The highest BCUT2D eigenvalue weighted by Gasteiger charge is 2.36.